The molecule has 222 valence electrons. The summed E-state index contributed by atoms with van der Waals surface area (Å²) in [7, 11) is -5.43. The Morgan fingerprint density at radius 2 is 1.47 bits per heavy atom. The van der Waals surface area contributed by atoms with E-state index in [0.717, 1.165) is 63.2 Å². The van der Waals surface area contributed by atoms with Crippen LogP contribution in [0.1, 0.15) is 40.5 Å². The number of isothiocyanates is 2. The topological polar surface area (TPSA) is 96.4 Å². The van der Waals surface area contributed by atoms with Gasteiger partial charge in [0.25, 0.3) is 0 Å². The Balaban J connectivity index is 0.000000549. The molecule has 0 aromatic rings. The normalized spacial score (nSPS) is 18.2. The zero-order valence-corrected chi connectivity index (χ0v) is 25.2. The first-order chi connectivity index (χ1) is 17.9. The zero-order valence-electron chi connectivity index (χ0n) is 22.7. The Morgan fingerprint density at radius 1 is 0.974 bits per heavy atom. The van der Waals surface area contributed by atoms with Gasteiger partial charge in [-0.25, -0.2) is 9.98 Å². The van der Waals surface area contributed by atoms with Gasteiger partial charge < -0.3 is 18.9 Å². The molecule has 0 aromatic heterocycles. The van der Waals surface area contributed by atoms with Gasteiger partial charge in [0.15, 0.2) is 0 Å². The van der Waals surface area contributed by atoms with E-state index in [1.54, 1.807) is 0 Å². The lowest BCUT2D eigenvalue weighted by atomic mass is 10.2. The maximum atomic E-state index is 11.6. The number of thiocarbonyl (C=S) groups is 2. The van der Waals surface area contributed by atoms with Crippen LogP contribution in [-0.2, 0) is 23.8 Å². The molecule has 9 nitrogen and oxygen atoms in total. The lowest BCUT2D eigenvalue weighted by molar-refractivity contribution is -0.925. The van der Waals surface area contributed by atoms with Crippen molar-refractivity contribution in [3.8, 4) is 0 Å². The van der Waals surface area contributed by atoms with Gasteiger partial charge in [0.05, 0.1) is 62.9 Å². The smallest absolute Gasteiger partial charge is 0.371 e. The molecule has 0 spiro atoms. The van der Waals surface area contributed by atoms with Crippen LogP contribution in [0.3, 0.4) is 0 Å². The number of rotatable bonds is 17. The highest BCUT2D eigenvalue weighted by atomic mass is 32.2. The van der Waals surface area contributed by atoms with E-state index < -0.39 is 28.3 Å². The third kappa shape index (κ3) is 17.7. The number of quaternary nitrogens is 1. The summed E-state index contributed by atoms with van der Waals surface area (Å²) in [5.41, 5.74) is -5.35. The van der Waals surface area contributed by atoms with E-state index >= 15 is 0 Å². The van der Waals surface area contributed by atoms with Gasteiger partial charge in [-0.3, -0.25) is 4.18 Å². The molecule has 0 saturated carbocycles. The Hall–Kier alpha value is -0.860. The lowest BCUT2D eigenvalue weighted by Crippen LogP contribution is -2.51. The molecule has 0 aromatic carbocycles. The number of ether oxygens (including phenoxy) is 2. The number of nitrogens with zero attached hydrogens (tertiary/aromatic N) is 4. The number of epoxide rings is 2. The maximum Gasteiger partial charge on any atom is 0.523 e. The van der Waals surface area contributed by atoms with Crippen molar-refractivity contribution in [3.05, 3.63) is 0 Å². The van der Waals surface area contributed by atoms with Crippen molar-refractivity contribution in [2.45, 2.75) is 58.3 Å². The predicted molar refractivity (Wildman–Crippen MR) is 148 cm³/mol. The molecule has 0 amide bonds. The number of aliphatic imine (C=N–C) groups is 2. The molecule has 2 fully saturated rings. The predicted octanol–water partition coefficient (Wildman–Crippen LogP) is 3.81. The number of hydrogen-bond acceptors (Lipinski definition) is 10. The van der Waals surface area contributed by atoms with Gasteiger partial charge in [-0.15, -0.1) is 0 Å². The van der Waals surface area contributed by atoms with Gasteiger partial charge >= 0.3 is 15.6 Å². The number of likely N-dealkylation sites (N-methyl/N-ethyl adjacent to an activating group) is 1. The molecule has 0 radical (unpaired) electrons. The van der Waals surface area contributed by atoms with Gasteiger partial charge in [-0.2, -0.15) is 21.6 Å². The molecule has 0 N–H and O–H groups in total. The van der Waals surface area contributed by atoms with Crippen molar-refractivity contribution in [1.82, 2.24) is 4.90 Å². The van der Waals surface area contributed by atoms with Crippen molar-refractivity contribution < 1.29 is 39.7 Å². The fraction of sp³-hybridized carbons (Fsp3) is 0.913. The largest absolute Gasteiger partial charge is 0.523 e. The van der Waals surface area contributed by atoms with Crippen molar-refractivity contribution in [2.75, 3.05) is 78.7 Å². The van der Waals surface area contributed by atoms with Crippen LogP contribution in [0.2, 0.25) is 0 Å². The average Bonchev–Trinajstić information content (AvgIpc) is 3.81. The van der Waals surface area contributed by atoms with Crippen LogP contribution >= 0.6 is 24.4 Å². The Labute approximate surface area is 236 Å². The lowest BCUT2D eigenvalue weighted by Gasteiger charge is -2.36. The van der Waals surface area contributed by atoms with Gasteiger partial charge in [-0.05, 0) is 64.3 Å². The van der Waals surface area contributed by atoms with Crippen molar-refractivity contribution in [1.29, 1.82) is 0 Å². The molecule has 2 aliphatic heterocycles. The second-order valence-electron chi connectivity index (χ2n) is 8.66. The molecule has 15 heteroatoms. The molecule has 2 heterocycles. The molecule has 2 aliphatic rings. The second-order valence-corrected chi connectivity index (χ2v) is 10.6. The summed E-state index contributed by atoms with van der Waals surface area (Å²) in [5, 5.41) is 4.79. The fourth-order valence-electron chi connectivity index (χ4n) is 3.38. The van der Waals surface area contributed by atoms with E-state index in [1.807, 2.05) is 0 Å². The quantitative estimate of drug-likeness (QED) is 0.0469. The summed E-state index contributed by atoms with van der Waals surface area (Å²) in [5.74, 6) is 0. The summed E-state index contributed by atoms with van der Waals surface area (Å²) < 4.78 is 69.6. The summed E-state index contributed by atoms with van der Waals surface area (Å²) in [4.78, 5) is 10.2. The minimum Gasteiger partial charge on any atom is -0.371 e. The number of hydrogen-bond donors (Lipinski definition) is 0. The van der Waals surface area contributed by atoms with E-state index in [-0.39, 0.29) is 6.61 Å². The third-order valence-corrected chi connectivity index (χ3v) is 7.37. The Bertz CT molecular complexity index is 836. The molecular weight excluding hydrogens is 565 g/mol. The summed E-state index contributed by atoms with van der Waals surface area (Å²) in [6.07, 6.45) is 2.18. The summed E-state index contributed by atoms with van der Waals surface area (Å²) >= 11 is 9.01. The Morgan fingerprint density at radius 3 is 1.87 bits per heavy atom. The van der Waals surface area contributed by atoms with Crippen molar-refractivity contribution in [3.63, 3.8) is 0 Å². The minimum atomic E-state index is -5.43. The van der Waals surface area contributed by atoms with Gasteiger partial charge in [0, 0.05) is 6.42 Å². The molecule has 2 rings (SSSR count). The molecule has 0 bridgehead atoms. The van der Waals surface area contributed by atoms with Crippen LogP contribution in [0.25, 0.3) is 0 Å². The first kappa shape index (κ1) is 37.1. The van der Waals surface area contributed by atoms with E-state index in [2.05, 4.69) is 86.3 Å². The second kappa shape index (κ2) is 20.1. The van der Waals surface area contributed by atoms with Crippen LogP contribution in [0.15, 0.2) is 9.98 Å². The third-order valence-electron chi connectivity index (χ3n) is 6.10. The Kier molecular flexibility index (Phi) is 19.6. The van der Waals surface area contributed by atoms with Crippen LogP contribution in [0, 0.1) is 0 Å². The summed E-state index contributed by atoms with van der Waals surface area (Å²) in [6.45, 7) is 19.2. The molecule has 2 saturated heterocycles. The monoisotopic (exact) mass is 607 g/mol. The van der Waals surface area contributed by atoms with Gasteiger partial charge in [0.2, 0.25) is 0 Å². The standard InChI is InChI=1S/C11H21N2OS.C8H16N2S.C4H5F3O4S/c1-3-13(4-2,8-11-9-14-11)7-5-6-12-10-15;1-3-10(4-2)7-5-6-9-8-11;5-4(6,7)12(8,9)11-2-3-1-10-3/h11H,3-9H2,1-2H3;3-7H2,1-2H3;3H,1-2H2/q+1;;. The maximum absolute atomic E-state index is 11.6. The molecule has 0 aliphatic carbocycles. The first-order valence-corrected chi connectivity index (χ1v) is 15.0. The highest BCUT2D eigenvalue weighted by Crippen LogP contribution is 2.25. The number of alkyl halides is 3. The highest BCUT2D eigenvalue weighted by Gasteiger charge is 2.48. The average molecular weight is 608 g/mol. The molecule has 2 unspecified atom stereocenters. The van der Waals surface area contributed by atoms with Crippen molar-refractivity contribution >= 4 is 44.9 Å². The molecule has 2 atom stereocenters. The fourth-order valence-corrected chi connectivity index (χ4v) is 4.03. The van der Waals surface area contributed by atoms with Crippen LogP contribution in [0.4, 0.5) is 13.2 Å². The van der Waals surface area contributed by atoms with E-state index in [9.17, 15) is 21.6 Å². The zero-order chi connectivity index (χ0) is 29.1. The van der Waals surface area contributed by atoms with Gasteiger partial charge in [-0.1, -0.05) is 13.8 Å². The SMILES string of the molecule is CCN(CC)CCCN=C=S.CC[N+](CC)(CCCN=C=S)CC1CO1.O=S(=O)(OCC1CO1)C(F)(F)F. The molecule has 38 heavy (non-hydrogen) atoms. The van der Waals surface area contributed by atoms with Crippen molar-refractivity contribution in [2.24, 2.45) is 9.98 Å². The van der Waals surface area contributed by atoms with E-state index in [1.165, 1.54) is 19.6 Å². The molecular formula is C23H42F3N4O5S3+. The minimum absolute atomic E-state index is 0.243. The first-order valence-electron chi connectivity index (χ1n) is 12.8. The number of halogens is 3. The van der Waals surface area contributed by atoms with Gasteiger partial charge in [0.1, 0.15) is 18.8 Å². The highest BCUT2D eigenvalue weighted by molar-refractivity contribution is 7.87. The van der Waals surface area contributed by atoms with Crippen LogP contribution < -0.4 is 0 Å². The van der Waals surface area contributed by atoms with Crippen LogP contribution in [0.5, 0.6) is 0 Å². The van der Waals surface area contributed by atoms with Crippen LogP contribution in [-0.4, -0.2) is 125 Å². The summed E-state index contributed by atoms with van der Waals surface area (Å²) in [6, 6.07) is 0. The van der Waals surface area contributed by atoms with E-state index in [4.69, 9.17) is 4.74 Å². The van der Waals surface area contributed by atoms with E-state index in [0.29, 0.717) is 6.10 Å².